The van der Waals surface area contributed by atoms with Gasteiger partial charge in [-0.15, -0.1) is 0 Å². The summed E-state index contributed by atoms with van der Waals surface area (Å²) in [6.45, 7) is 4.18. The molecule has 0 saturated heterocycles. The van der Waals surface area contributed by atoms with Crippen LogP contribution in [0.2, 0.25) is 0 Å². The van der Waals surface area contributed by atoms with Crippen molar-refractivity contribution in [2.45, 2.75) is 45.6 Å². The van der Waals surface area contributed by atoms with Gasteiger partial charge in [-0.2, -0.15) is 0 Å². The van der Waals surface area contributed by atoms with E-state index in [0.29, 0.717) is 5.75 Å². The van der Waals surface area contributed by atoms with Gasteiger partial charge in [0.2, 0.25) is 0 Å². The zero-order valence-corrected chi connectivity index (χ0v) is 16.8. The van der Waals surface area contributed by atoms with Gasteiger partial charge in [0, 0.05) is 21.8 Å². The summed E-state index contributed by atoms with van der Waals surface area (Å²) in [7, 11) is 0. The molecule has 29 heavy (non-hydrogen) atoms. The molecule has 0 bridgehead atoms. The second-order valence-electron chi connectivity index (χ2n) is 7.31. The Bertz CT molecular complexity index is 1090. The molecule has 0 unspecified atom stereocenters. The molecule has 0 aliphatic rings. The number of ether oxygens (including phenoxy) is 2. The number of para-hydroxylation sites is 2. The molecule has 2 aromatic heterocycles. The SMILES string of the molecule is CCCC(CCC)OC(=O)Oc1c(-c2cc3ccccc3[nH]2)[nH]c2ccccc12. The Labute approximate surface area is 170 Å². The van der Waals surface area contributed by atoms with E-state index in [4.69, 9.17) is 9.47 Å². The standard InChI is InChI=1S/C24H26N2O3/c1-3-9-17(10-4-2)28-24(27)29-23-18-12-6-8-14-20(18)26-22(23)21-15-16-11-5-7-13-19(16)25-21/h5-8,11-15,17,25-26H,3-4,9-10H2,1-2H3. The van der Waals surface area contributed by atoms with Gasteiger partial charge in [-0.05, 0) is 37.1 Å². The molecule has 0 fully saturated rings. The molecular weight excluding hydrogens is 364 g/mol. The minimum absolute atomic E-state index is 0.112. The summed E-state index contributed by atoms with van der Waals surface area (Å²) in [4.78, 5) is 19.4. The molecule has 0 aliphatic heterocycles. The highest BCUT2D eigenvalue weighted by Gasteiger charge is 2.21. The van der Waals surface area contributed by atoms with Crippen LogP contribution in [-0.2, 0) is 4.74 Å². The number of fused-ring (bicyclic) bond motifs is 2. The normalized spacial score (nSPS) is 11.4. The summed E-state index contributed by atoms with van der Waals surface area (Å²) in [6.07, 6.45) is 2.84. The number of carbonyl (C=O) groups is 1. The van der Waals surface area contributed by atoms with Gasteiger partial charge in [0.25, 0.3) is 0 Å². The number of aromatic amines is 2. The molecule has 2 heterocycles. The third-order valence-electron chi connectivity index (χ3n) is 5.13. The van der Waals surface area contributed by atoms with E-state index in [9.17, 15) is 4.79 Å². The summed E-state index contributed by atoms with van der Waals surface area (Å²) in [6, 6.07) is 17.9. The predicted molar refractivity (Wildman–Crippen MR) is 116 cm³/mol. The Kier molecular flexibility index (Phi) is 5.56. The molecular formula is C24H26N2O3. The van der Waals surface area contributed by atoms with Crippen LogP contribution >= 0.6 is 0 Å². The van der Waals surface area contributed by atoms with Gasteiger partial charge in [-0.3, -0.25) is 0 Å². The zero-order valence-electron chi connectivity index (χ0n) is 16.8. The maximum atomic E-state index is 12.6. The fraction of sp³-hybridized carbons (Fsp3) is 0.292. The molecule has 0 aliphatic carbocycles. The number of H-pyrrole nitrogens is 2. The van der Waals surface area contributed by atoms with Crippen molar-refractivity contribution in [3.05, 3.63) is 54.6 Å². The molecule has 2 N–H and O–H groups in total. The molecule has 5 nitrogen and oxygen atoms in total. The van der Waals surface area contributed by atoms with Crippen LogP contribution < -0.4 is 4.74 Å². The number of hydrogen-bond donors (Lipinski definition) is 2. The lowest BCUT2D eigenvalue weighted by Crippen LogP contribution is -2.20. The van der Waals surface area contributed by atoms with Crippen molar-refractivity contribution >= 4 is 28.0 Å². The summed E-state index contributed by atoms with van der Waals surface area (Å²) in [5, 5.41) is 1.95. The molecule has 5 heteroatoms. The van der Waals surface area contributed by atoms with E-state index in [1.165, 1.54) is 0 Å². The average molecular weight is 390 g/mol. The van der Waals surface area contributed by atoms with Crippen LogP contribution in [0.3, 0.4) is 0 Å². The van der Waals surface area contributed by atoms with Crippen LogP contribution in [0.4, 0.5) is 4.79 Å². The first-order chi connectivity index (χ1) is 14.2. The number of carbonyl (C=O) groups excluding carboxylic acids is 1. The Morgan fingerprint density at radius 2 is 1.62 bits per heavy atom. The number of aromatic nitrogens is 2. The zero-order chi connectivity index (χ0) is 20.2. The minimum Gasteiger partial charge on any atom is -0.431 e. The second kappa shape index (κ2) is 8.43. The van der Waals surface area contributed by atoms with E-state index < -0.39 is 6.16 Å². The number of nitrogens with one attached hydrogen (secondary N) is 2. The maximum Gasteiger partial charge on any atom is 0.514 e. The fourth-order valence-electron chi connectivity index (χ4n) is 3.77. The third-order valence-corrected chi connectivity index (χ3v) is 5.13. The van der Waals surface area contributed by atoms with Gasteiger partial charge >= 0.3 is 6.16 Å². The lowest BCUT2D eigenvalue weighted by atomic mass is 10.1. The third kappa shape index (κ3) is 3.99. The molecule has 0 amide bonds. The first kappa shape index (κ1) is 19.1. The van der Waals surface area contributed by atoms with E-state index >= 15 is 0 Å². The fourth-order valence-corrected chi connectivity index (χ4v) is 3.77. The second-order valence-corrected chi connectivity index (χ2v) is 7.31. The number of rotatable bonds is 7. The molecule has 0 radical (unpaired) electrons. The maximum absolute atomic E-state index is 12.6. The van der Waals surface area contributed by atoms with Crippen molar-refractivity contribution in [3.63, 3.8) is 0 Å². The van der Waals surface area contributed by atoms with Gasteiger partial charge in [0.1, 0.15) is 11.8 Å². The highest BCUT2D eigenvalue weighted by Crippen LogP contribution is 2.38. The quantitative estimate of drug-likeness (QED) is 0.341. The summed E-state index contributed by atoms with van der Waals surface area (Å²) in [5.74, 6) is 0.490. The van der Waals surface area contributed by atoms with Gasteiger partial charge in [-0.1, -0.05) is 57.0 Å². The highest BCUT2D eigenvalue weighted by molar-refractivity contribution is 5.97. The Morgan fingerprint density at radius 3 is 2.34 bits per heavy atom. The molecule has 2 aromatic carbocycles. The molecule has 4 aromatic rings. The average Bonchev–Trinajstić information content (AvgIpc) is 3.30. The molecule has 0 atom stereocenters. The highest BCUT2D eigenvalue weighted by atomic mass is 16.7. The molecule has 4 rings (SSSR count). The van der Waals surface area contributed by atoms with Crippen molar-refractivity contribution in [1.29, 1.82) is 0 Å². The summed E-state index contributed by atoms with van der Waals surface area (Å²) in [5.41, 5.74) is 3.54. The van der Waals surface area contributed by atoms with Crippen molar-refractivity contribution in [2.24, 2.45) is 0 Å². The van der Waals surface area contributed by atoms with Crippen LogP contribution in [0.25, 0.3) is 33.2 Å². The van der Waals surface area contributed by atoms with Crippen molar-refractivity contribution in [2.75, 3.05) is 0 Å². The number of hydrogen-bond acceptors (Lipinski definition) is 3. The van der Waals surface area contributed by atoms with Crippen LogP contribution in [0.15, 0.2) is 54.6 Å². The smallest absolute Gasteiger partial charge is 0.431 e. The summed E-state index contributed by atoms with van der Waals surface area (Å²) >= 11 is 0. The first-order valence-electron chi connectivity index (χ1n) is 10.3. The van der Waals surface area contributed by atoms with Crippen LogP contribution in [0, 0.1) is 0 Å². The van der Waals surface area contributed by atoms with Crippen LogP contribution in [0.1, 0.15) is 39.5 Å². The predicted octanol–water partition coefficient (Wildman–Crippen LogP) is 6.80. The topological polar surface area (TPSA) is 67.1 Å². The lowest BCUT2D eigenvalue weighted by Gasteiger charge is -2.16. The number of benzene rings is 2. The van der Waals surface area contributed by atoms with Crippen molar-refractivity contribution in [1.82, 2.24) is 9.97 Å². The Morgan fingerprint density at radius 1 is 0.931 bits per heavy atom. The van der Waals surface area contributed by atoms with E-state index in [0.717, 1.165) is 58.9 Å². The first-order valence-corrected chi connectivity index (χ1v) is 10.3. The molecule has 0 spiro atoms. The monoisotopic (exact) mass is 390 g/mol. The van der Waals surface area contributed by atoms with E-state index in [1.54, 1.807) is 0 Å². The minimum atomic E-state index is -0.654. The van der Waals surface area contributed by atoms with Gasteiger partial charge in [0.15, 0.2) is 5.75 Å². The van der Waals surface area contributed by atoms with Crippen molar-refractivity contribution in [3.8, 4) is 17.1 Å². The van der Waals surface area contributed by atoms with E-state index in [-0.39, 0.29) is 6.10 Å². The van der Waals surface area contributed by atoms with E-state index in [1.807, 2.05) is 48.5 Å². The Hall–Kier alpha value is -3.21. The summed E-state index contributed by atoms with van der Waals surface area (Å²) < 4.78 is 11.4. The van der Waals surface area contributed by atoms with Gasteiger partial charge in [-0.25, -0.2) is 4.79 Å². The van der Waals surface area contributed by atoms with E-state index in [2.05, 4.69) is 29.9 Å². The largest absolute Gasteiger partial charge is 0.514 e. The van der Waals surface area contributed by atoms with Gasteiger partial charge in [0.05, 0.1) is 5.69 Å². The molecule has 0 saturated carbocycles. The van der Waals surface area contributed by atoms with Crippen LogP contribution in [0.5, 0.6) is 5.75 Å². The van der Waals surface area contributed by atoms with Crippen LogP contribution in [-0.4, -0.2) is 22.2 Å². The lowest BCUT2D eigenvalue weighted by molar-refractivity contribution is 0.0506. The molecule has 150 valence electrons. The van der Waals surface area contributed by atoms with Gasteiger partial charge < -0.3 is 19.4 Å². The van der Waals surface area contributed by atoms with Crippen molar-refractivity contribution < 1.29 is 14.3 Å². The Balaban J connectivity index is 1.69.